The minimum atomic E-state index is -0.249. The van der Waals surface area contributed by atoms with Gasteiger partial charge in [0.25, 0.3) is 0 Å². The third kappa shape index (κ3) is 4.76. The molecule has 0 bridgehead atoms. The van der Waals surface area contributed by atoms with Crippen LogP contribution in [0, 0.1) is 6.92 Å². The van der Waals surface area contributed by atoms with Crippen LogP contribution in [0.1, 0.15) is 49.4 Å². The van der Waals surface area contributed by atoms with E-state index >= 15 is 0 Å². The normalized spacial score (nSPS) is 10.6. The van der Waals surface area contributed by atoms with Crippen molar-refractivity contribution in [3.05, 3.63) is 57.6 Å². The van der Waals surface area contributed by atoms with Crippen molar-refractivity contribution in [3.63, 3.8) is 0 Å². The molecule has 0 aliphatic carbocycles. The standard InChI is InChI=1S/C21H25ClO3/c1-5-15-9-8-10-19(25-21(23)7-3)17(15)13-24-20-12-18(22)16(6-2)11-14(20)4/h8-12H,5-7,13H2,1-4H3. The van der Waals surface area contributed by atoms with Crippen molar-refractivity contribution in [2.24, 2.45) is 0 Å². The summed E-state index contributed by atoms with van der Waals surface area (Å²) in [6.07, 6.45) is 2.06. The predicted octanol–water partition coefficient (Wildman–Crippen LogP) is 5.67. The number of halogens is 1. The molecule has 0 radical (unpaired) electrons. The lowest BCUT2D eigenvalue weighted by Crippen LogP contribution is -2.10. The molecule has 0 heterocycles. The summed E-state index contributed by atoms with van der Waals surface area (Å²) >= 11 is 6.31. The molecule has 0 saturated carbocycles. The van der Waals surface area contributed by atoms with Gasteiger partial charge in [0.05, 0.1) is 0 Å². The third-order valence-electron chi connectivity index (χ3n) is 4.22. The molecule has 0 aliphatic heterocycles. The first-order valence-electron chi connectivity index (χ1n) is 8.73. The molecule has 0 aromatic heterocycles. The molecule has 3 nitrogen and oxygen atoms in total. The van der Waals surface area contributed by atoms with Gasteiger partial charge >= 0.3 is 5.97 Å². The van der Waals surface area contributed by atoms with Gasteiger partial charge in [-0.05, 0) is 48.6 Å². The highest BCUT2D eigenvalue weighted by atomic mass is 35.5. The van der Waals surface area contributed by atoms with Gasteiger partial charge in [0.2, 0.25) is 0 Å². The van der Waals surface area contributed by atoms with Crippen molar-refractivity contribution in [1.82, 2.24) is 0 Å². The fourth-order valence-corrected chi connectivity index (χ4v) is 2.98. The van der Waals surface area contributed by atoms with Crippen LogP contribution >= 0.6 is 11.6 Å². The van der Waals surface area contributed by atoms with E-state index in [0.717, 1.165) is 40.8 Å². The molecule has 2 rings (SSSR count). The van der Waals surface area contributed by atoms with E-state index in [1.807, 2.05) is 31.2 Å². The average Bonchev–Trinajstić information content (AvgIpc) is 2.62. The minimum absolute atomic E-state index is 0.249. The Kier molecular flexibility index (Phi) is 6.89. The molecule has 0 spiro atoms. The van der Waals surface area contributed by atoms with E-state index < -0.39 is 0 Å². The molecule has 134 valence electrons. The number of esters is 1. The van der Waals surface area contributed by atoms with Crippen LogP contribution in [0.2, 0.25) is 5.02 Å². The summed E-state index contributed by atoms with van der Waals surface area (Å²) in [5, 5.41) is 0.713. The van der Waals surface area contributed by atoms with Gasteiger partial charge in [-0.1, -0.05) is 50.6 Å². The number of ether oxygens (including phenoxy) is 2. The van der Waals surface area contributed by atoms with Crippen LogP contribution in [0.15, 0.2) is 30.3 Å². The molecular weight excluding hydrogens is 336 g/mol. The molecule has 2 aromatic rings. The molecule has 0 amide bonds. The Bertz CT molecular complexity index is 753. The Morgan fingerprint density at radius 1 is 1.04 bits per heavy atom. The maximum absolute atomic E-state index is 11.7. The molecular formula is C21H25ClO3. The number of carbonyl (C=O) groups is 1. The summed E-state index contributed by atoms with van der Waals surface area (Å²) in [4.78, 5) is 11.7. The molecule has 0 atom stereocenters. The topological polar surface area (TPSA) is 35.5 Å². The van der Waals surface area contributed by atoms with Crippen LogP contribution in [-0.4, -0.2) is 5.97 Å². The van der Waals surface area contributed by atoms with E-state index in [1.165, 1.54) is 0 Å². The zero-order valence-electron chi connectivity index (χ0n) is 15.3. The van der Waals surface area contributed by atoms with E-state index in [-0.39, 0.29) is 5.97 Å². The van der Waals surface area contributed by atoms with Gasteiger partial charge in [-0.3, -0.25) is 4.79 Å². The van der Waals surface area contributed by atoms with E-state index in [9.17, 15) is 4.79 Å². The van der Waals surface area contributed by atoms with E-state index in [2.05, 4.69) is 19.9 Å². The van der Waals surface area contributed by atoms with Gasteiger partial charge in [0.1, 0.15) is 18.1 Å². The number of benzene rings is 2. The summed E-state index contributed by atoms with van der Waals surface area (Å²) in [7, 11) is 0. The van der Waals surface area contributed by atoms with Crippen LogP contribution in [0.3, 0.4) is 0 Å². The lowest BCUT2D eigenvalue weighted by atomic mass is 10.0. The number of hydrogen-bond donors (Lipinski definition) is 0. The van der Waals surface area contributed by atoms with Crippen molar-refractivity contribution in [1.29, 1.82) is 0 Å². The first-order valence-corrected chi connectivity index (χ1v) is 9.11. The molecule has 0 unspecified atom stereocenters. The Morgan fingerprint density at radius 2 is 1.76 bits per heavy atom. The molecule has 0 aliphatic rings. The van der Waals surface area contributed by atoms with Gasteiger partial charge < -0.3 is 9.47 Å². The molecule has 4 heteroatoms. The lowest BCUT2D eigenvalue weighted by Gasteiger charge is -2.16. The summed E-state index contributed by atoms with van der Waals surface area (Å²) in [6.45, 7) is 8.27. The Hall–Kier alpha value is -2.00. The summed E-state index contributed by atoms with van der Waals surface area (Å²) in [6, 6.07) is 9.66. The highest BCUT2D eigenvalue weighted by molar-refractivity contribution is 6.31. The maximum atomic E-state index is 11.7. The zero-order chi connectivity index (χ0) is 18.4. The van der Waals surface area contributed by atoms with Crippen LogP contribution in [-0.2, 0) is 24.2 Å². The fraction of sp³-hybridized carbons (Fsp3) is 0.381. The fourth-order valence-electron chi connectivity index (χ4n) is 2.70. The number of hydrogen-bond acceptors (Lipinski definition) is 3. The van der Waals surface area contributed by atoms with Crippen LogP contribution in [0.4, 0.5) is 0 Å². The van der Waals surface area contributed by atoms with Crippen molar-refractivity contribution < 1.29 is 14.3 Å². The summed E-state index contributed by atoms with van der Waals surface area (Å²) in [5.74, 6) is 1.07. The van der Waals surface area contributed by atoms with Gasteiger partial charge in [-0.15, -0.1) is 0 Å². The molecule has 0 saturated heterocycles. The first-order chi connectivity index (χ1) is 12.0. The highest BCUT2D eigenvalue weighted by Crippen LogP contribution is 2.30. The van der Waals surface area contributed by atoms with Gasteiger partial charge in [0, 0.05) is 17.0 Å². The molecule has 25 heavy (non-hydrogen) atoms. The molecule has 0 N–H and O–H groups in total. The second kappa shape index (κ2) is 8.91. The molecule has 2 aromatic carbocycles. The van der Waals surface area contributed by atoms with Crippen LogP contribution < -0.4 is 9.47 Å². The quantitative estimate of drug-likeness (QED) is 0.471. The number of aryl methyl sites for hydroxylation is 3. The second-order valence-electron chi connectivity index (χ2n) is 5.93. The Balaban J connectivity index is 2.28. The zero-order valence-corrected chi connectivity index (χ0v) is 16.1. The number of carbonyl (C=O) groups excluding carboxylic acids is 1. The van der Waals surface area contributed by atoms with Crippen molar-refractivity contribution in [2.45, 2.75) is 53.6 Å². The lowest BCUT2D eigenvalue weighted by molar-refractivity contribution is -0.134. The number of rotatable bonds is 7. The summed E-state index contributed by atoms with van der Waals surface area (Å²) < 4.78 is 11.5. The first kappa shape index (κ1) is 19.3. The van der Waals surface area contributed by atoms with E-state index in [0.29, 0.717) is 23.8 Å². The predicted molar refractivity (Wildman–Crippen MR) is 102 cm³/mol. The van der Waals surface area contributed by atoms with Crippen LogP contribution in [0.5, 0.6) is 11.5 Å². The smallest absolute Gasteiger partial charge is 0.310 e. The SMILES string of the molecule is CCC(=O)Oc1cccc(CC)c1COc1cc(Cl)c(CC)cc1C. The second-order valence-corrected chi connectivity index (χ2v) is 6.33. The molecule has 0 fully saturated rings. The van der Waals surface area contributed by atoms with Crippen molar-refractivity contribution >= 4 is 17.6 Å². The van der Waals surface area contributed by atoms with Crippen molar-refractivity contribution in [2.75, 3.05) is 0 Å². The monoisotopic (exact) mass is 360 g/mol. The van der Waals surface area contributed by atoms with E-state index in [4.69, 9.17) is 21.1 Å². The average molecular weight is 361 g/mol. The van der Waals surface area contributed by atoms with Gasteiger partial charge in [0.15, 0.2) is 0 Å². The maximum Gasteiger partial charge on any atom is 0.310 e. The van der Waals surface area contributed by atoms with E-state index in [1.54, 1.807) is 6.92 Å². The van der Waals surface area contributed by atoms with Crippen molar-refractivity contribution in [3.8, 4) is 11.5 Å². The Morgan fingerprint density at radius 3 is 2.40 bits per heavy atom. The van der Waals surface area contributed by atoms with Crippen LogP contribution in [0.25, 0.3) is 0 Å². The minimum Gasteiger partial charge on any atom is -0.488 e. The Labute approximate surface area is 154 Å². The van der Waals surface area contributed by atoms with Gasteiger partial charge in [-0.25, -0.2) is 0 Å². The third-order valence-corrected chi connectivity index (χ3v) is 4.57. The summed E-state index contributed by atoms with van der Waals surface area (Å²) in [5.41, 5.74) is 4.16. The largest absolute Gasteiger partial charge is 0.488 e. The highest BCUT2D eigenvalue weighted by Gasteiger charge is 2.14. The van der Waals surface area contributed by atoms with Gasteiger partial charge in [-0.2, -0.15) is 0 Å².